The van der Waals surface area contributed by atoms with Gasteiger partial charge in [0.1, 0.15) is 24.4 Å². The minimum atomic E-state index is -1.79. The van der Waals surface area contributed by atoms with Crippen LogP contribution in [0.25, 0.3) is 0 Å². The maximum absolute atomic E-state index is 9.90. The second kappa shape index (κ2) is 5.18. The Hall–Kier alpha value is -0.530. The van der Waals surface area contributed by atoms with Crippen molar-refractivity contribution in [2.75, 3.05) is 6.61 Å². The molecule has 0 heterocycles. The van der Waals surface area contributed by atoms with Gasteiger partial charge in [-0.2, -0.15) is 0 Å². The van der Waals surface area contributed by atoms with Crippen LogP contribution in [0.1, 0.15) is 0 Å². The molecule has 6 heteroatoms. The summed E-state index contributed by atoms with van der Waals surface area (Å²) in [5, 5.41) is 43.5. The van der Waals surface area contributed by atoms with Gasteiger partial charge in [0.2, 0.25) is 0 Å². The van der Waals surface area contributed by atoms with Crippen molar-refractivity contribution in [3.05, 3.63) is 0 Å². The van der Waals surface area contributed by atoms with Gasteiger partial charge in [0.15, 0.2) is 6.29 Å². The lowest BCUT2D eigenvalue weighted by molar-refractivity contribution is -0.136. The minimum absolute atomic E-state index is 0.0258. The Bertz CT molecular complexity index is 138. The van der Waals surface area contributed by atoms with Crippen LogP contribution in [0.4, 0.5) is 0 Å². The van der Waals surface area contributed by atoms with Crippen LogP contribution in [-0.2, 0) is 4.79 Å². The zero-order chi connectivity index (χ0) is 9.72. The Labute approximate surface area is 68.7 Å². The monoisotopic (exact) mass is 181 g/mol. The fourth-order valence-electron chi connectivity index (χ4n) is 0.618. The highest BCUT2D eigenvalue weighted by molar-refractivity contribution is 5.56. The molecule has 0 amide bonds. The van der Waals surface area contributed by atoms with Crippen LogP contribution in [0.2, 0.25) is 0 Å². The lowest BCUT2D eigenvalue weighted by Crippen LogP contribution is -2.46. The van der Waals surface area contributed by atoms with Crippen molar-refractivity contribution in [1.82, 2.24) is 0 Å². The highest BCUT2D eigenvalue weighted by atomic mass is 16.4. The van der Waals surface area contributed by atoms with Crippen LogP contribution in [0, 0.1) is 0 Å². The number of carbonyl (C=O) groups excluding carboxylic acids is 1. The molecule has 0 spiro atoms. The number of hydrogen-bond acceptors (Lipinski definition) is 6. The van der Waals surface area contributed by atoms with E-state index in [4.69, 9.17) is 25.5 Å². The maximum atomic E-state index is 9.90. The summed E-state index contributed by atoms with van der Waals surface area (Å²) in [4.78, 5) is 9.90. The summed E-state index contributed by atoms with van der Waals surface area (Å²) in [6, 6.07) is 0. The Morgan fingerprint density at radius 2 is 1.58 bits per heavy atom. The molecule has 0 unspecified atom stereocenters. The summed E-state index contributed by atoms with van der Waals surface area (Å²) in [7, 11) is 0. The van der Waals surface area contributed by atoms with E-state index in [9.17, 15) is 4.79 Å². The highest BCUT2D eigenvalue weighted by Crippen LogP contribution is 2.02. The Morgan fingerprint density at radius 1 is 1.08 bits per heavy atom. The van der Waals surface area contributed by atoms with E-state index in [1.165, 1.54) is 0 Å². The Balaban J connectivity index is 4.07. The maximum Gasteiger partial charge on any atom is 0.151 e. The van der Waals surface area contributed by atoms with Crippen LogP contribution in [-0.4, -0.2) is 62.8 Å². The van der Waals surface area contributed by atoms with E-state index < -0.39 is 31.0 Å². The van der Waals surface area contributed by atoms with Gasteiger partial charge < -0.3 is 30.3 Å². The Kier molecular flexibility index (Phi) is 4.95. The van der Waals surface area contributed by atoms with Crippen molar-refractivity contribution in [3.63, 3.8) is 0 Å². The van der Waals surface area contributed by atoms with Crippen LogP contribution in [0.15, 0.2) is 0 Å². The zero-order valence-electron chi connectivity index (χ0n) is 6.24. The minimum Gasteiger partial charge on any atom is -0.394 e. The van der Waals surface area contributed by atoms with E-state index in [0.717, 1.165) is 0 Å². The van der Waals surface area contributed by atoms with Crippen LogP contribution in [0.5, 0.6) is 0 Å². The van der Waals surface area contributed by atoms with Gasteiger partial charge in [0.05, 0.1) is 6.61 Å². The fraction of sp³-hybridized carbons (Fsp3) is 0.833. The first kappa shape index (κ1) is 11.5. The molecular formula is C6H12O6. The Morgan fingerprint density at radius 3 is 1.92 bits per heavy atom. The third kappa shape index (κ3) is 2.84. The van der Waals surface area contributed by atoms with Gasteiger partial charge in [-0.25, -0.2) is 0 Å². The van der Waals surface area contributed by atoms with Crippen molar-refractivity contribution >= 4 is 6.29 Å². The van der Waals surface area contributed by atoms with Crippen LogP contribution in [0.3, 0.4) is 0 Å². The van der Waals surface area contributed by atoms with Crippen molar-refractivity contribution < 1.29 is 30.3 Å². The number of carbonyl (C=O) groups is 1. The van der Waals surface area contributed by atoms with E-state index in [1.54, 1.807) is 0 Å². The lowest BCUT2D eigenvalue weighted by atomic mass is 10.2. The summed E-state index contributed by atoms with van der Waals surface area (Å²) < 4.78 is 0. The first-order chi connectivity index (χ1) is 5.54. The van der Waals surface area contributed by atoms with Gasteiger partial charge in [-0.1, -0.05) is 0 Å². The molecule has 0 radical (unpaired) electrons. The highest BCUT2D eigenvalue weighted by Gasteiger charge is 2.29. The molecule has 12 heavy (non-hydrogen) atoms. The smallest absolute Gasteiger partial charge is 0.151 e. The molecule has 0 rings (SSSR count). The number of aliphatic hydroxyl groups is 5. The molecule has 0 aliphatic rings. The molecule has 5 N–H and O–H groups in total. The third-order valence-corrected chi connectivity index (χ3v) is 1.42. The summed E-state index contributed by atoms with van der Waals surface area (Å²) in [5.74, 6) is 0. The topological polar surface area (TPSA) is 118 Å². The SMILES string of the molecule is O=C[C@H](O)[C@@H](O)[13C@@H](O)[C@H](O)CO. The van der Waals surface area contributed by atoms with Gasteiger partial charge in [-0.3, -0.25) is 0 Å². The molecule has 4 atom stereocenters. The molecule has 0 saturated carbocycles. The average molecular weight is 181 g/mol. The molecule has 0 aliphatic heterocycles. The first-order valence-electron chi connectivity index (χ1n) is 3.33. The molecule has 0 bridgehead atoms. The van der Waals surface area contributed by atoms with Crippen LogP contribution < -0.4 is 0 Å². The van der Waals surface area contributed by atoms with Crippen molar-refractivity contribution in [2.45, 2.75) is 24.4 Å². The van der Waals surface area contributed by atoms with Crippen molar-refractivity contribution in [3.8, 4) is 0 Å². The lowest BCUT2D eigenvalue weighted by Gasteiger charge is -2.22. The predicted molar refractivity (Wildman–Crippen MR) is 37.2 cm³/mol. The number of rotatable bonds is 5. The van der Waals surface area contributed by atoms with Gasteiger partial charge in [0.25, 0.3) is 0 Å². The standard InChI is InChI=1S/C6H12O6/c7-1-3(9)5(11)6(12)4(10)2-8/h1,3-6,8-12H,2H2/t3-,4+,5+,6-/m0/s1/i6+1. The molecule has 0 aromatic heterocycles. The molecular weight excluding hydrogens is 169 g/mol. The van der Waals surface area contributed by atoms with Gasteiger partial charge >= 0.3 is 0 Å². The second-order valence-electron chi connectivity index (χ2n) is 2.36. The zero-order valence-corrected chi connectivity index (χ0v) is 6.24. The summed E-state index contributed by atoms with van der Waals surface area (Å²) in [6.45, 7) is -0.760. The van der Waals surface area contributed by atoms with Crippen molar-refractivity contribution in [2.24, 2.45) is 0 Å². The average Bonchev–Trinajstić information content (AvgIpc) is 2.12. The van der Waals surface area contributed by atoms with E-state index in [-0.39, 0.29) is 6.29 Å². The molecule has 0 aliphatic carbocycles. The largest absolute Gasteiger partial charge is 0.394 e. The second-order valence-corrected chi connectivity index (χ2v) is 2.36. The quantitative estimate of drug-likeness (QED) is 0.223. The number of aldehydes is 1. The molecule has 0 fully saturated rings. The molecule has 72 valence electrons. The molecule has 6 nitrogen and oxygen atoms in total. The van der Waals surface area contributed by atoms with E-state index in [2.05, 4.69) is 0 Å². The summed E-state index contributed by atoms with van der Waals surface area (Å²) in [5.41, 5.74) is 0. The van der Waals surface area contributed by atoms with Crippen LogP contribution >= 0.6 is 0 Å². The van der Waals surface area contributed by atoms with Gasteiger partial charge in [-0.15, -0.1) is 0 Å². The van der Waals surface area contributed by atoms with E-state index in [0.29, 0.717) is 0 Å². The molecule has 0 aromatic rings. The van der Waals surface area contributed by atoms with E-state index in [1.807, 2.05) is 0 Å². The molecule has 0 aromatic carbocycles. The van der Waals surface area contributed by atoms with E-state index >= 15 is 0 Å². The first-order valence-corrected chi connectivity index (χ1v) is 3.33. The normalized spacial score (nSPS) is 21.1. The summed E-state index contributed by atoms with van der Waals surface area (Å²) >= 11 is 0. The predicted octanol–water partition coefficient (Wildman–Crippen LogP) is -3.38. The van der Waals surface area contributed by atoms with Crippen molar-refractivity contribution in [1.29, 1.82) is 0 Å². The summed E-state index contributed by atoms with van der Waals surface area (Å²) in [6.07, 6.45) is -6.84. The number of aliphatic hydroxyl groups excluding tert-OH is 5. The number of hydrogen-bond donors (Lipinski definition) is 5. The fourth-order valence-corrected chi connectivity index (χ4v) is 0.618. The van der Waals surface area contributed by atoms with Gasteiger partial charge in [0, 0.05) is 0 Å². The van der Waals surface area contributed by atoms with Gasteiger partial charge in [-0.05, 0) is 0 Å². The molecule has 0 saturated heterocycles. The third-order valence-electron chi connectivity index (χ3n) is 1.42.